The van der Waals surface area contributed by atoms with Gasteiger partial charge >= 0.3 is 0 Å². The van der Waals surface area contributed by atoms with Crippen molar-refractivity contribution in [1.29, 1.82) is 0 Å². The van der Waals surface area contributed by atoms with Gasteiger partial charge in [0.2, 0.25) is 5.91 Å². The normalized spacial score (nSPS) is 28.2. The first-order chi connectivity index (χ1) is 7.76. The molecule has 2 rings (SSSR count). The van der Waals surface area contributed by atoms with Crippen LogP contribution in [0.5, 0.6) is 0 Å². The lowest BCUT2D eigenvalue weighted by molar-refractivity contribution is -0.123. The largest absolute Gasteiger partial charge is 0.353 e. The van der Waals surface area contributed by atoms with E-state index in [4.69, 9.17) is 0 Å². The van der Waals surface area contributed by atoms with Crippen LogP contribution in [0, 0.1) is 0 Å². The van der Waals surface area contributed by atoms with Crippen LogP contribution in [0.15, 0.2) is 0 Å². The Labute approximate surface area is 102 Å². The molecular weight excluding hydrogens is 220 g/mol. The number of thioether (sulfide) groups is 1. The number of carbonyl (C=O) groups is 1. The van der Waals surface area contributed by atoms with Crippen molar-refractivity contribution in [2.24, 2.45) is 0 Å². The van der Waals surface area contributed by atoms with Gasteiger partial charge in [-0.25, -0.2) is 0 Å². The van der Waals surface area contributed by atoms with Crippen molar-refractivity contribution in [1.82, 2.24) is 10.6 Å². The zero-order valence-corrected chi connectivity index (χ0v) is 10.9. The molecule has 1 saturated heterocycles. The average molecular weight is 242 g/mol. The highest BCUT2D eigenvalue weighted by atomic mass is 32.2. The monoisotopic (exact) mass is 242 g/mol. The summed E-state index contributed by atoms with van der Waals surface area (Å²) in [5, 5.41) is 6.41. The van der Waals surface area contributed by atoms with E-state index in [-0.39, 0.29) is 11.9 Å². The topological polar surface area (TPSA) is 41.1 Å². The fraction of sp³-hybridized carbons (Fsp3) is 0.917. The molecular formula is C12H22N2OS. The van der Waals surface area contributed by atoms with Gasteiger partial charge in [0.15, 0.2) is 0 Å². The van der Waals surface area contributed by atoms with Crippen molar-refractivity contribution >= 4 is 17.7 Å². The van der Waals surface area contributed by atoms with Crippen LogP contribution in [0.25, 0.3) is 0 Å². The molecule has 2 N–H and O–H groups in total. The van der Waals surface area contributed by atoms with Crippen LogP contribution in [0.2, 0.25) is 0 Å². The third-order valence-corrected chi connectivity index (χ3v) is 5.33. The third kappa shape index (κ3) is 2.72. The van der Waals surface area contributed by atoms with Crippen molar-refractivity contribution < 1.29 is 4.79 Å². The first kappa shape index (κ1) is 12.2. The lowest BCUT2D eigenvalue weighted by Crippen LogP contribution is -2.51. The summed E-state index contributed by atoms with van der Waals surface area (Å²) in [6, 6.07) is 0.0627. The molecule has 92 valence electrons. The number of piperidine rings is 1. The molecule has 1 heterocycles. The van der Waals surface area contributed by atoms with E-state index in [2.05, 4.69) is 16.9 Å². The minimum atomic E-state index is 0.0627. The Morgan fingerprint density at radius 3 is 2.75 bits per heavy atom. The second-order valence-electron chi connectivity index (χ2n) is 4.96. The van der Waals surface area contributed by atoms with E-state index in [0.717, 1.165) is 19.5 Å². The molecule has 0 bridgehead atoms. The van der Waals surface area contributed by atoms with Gasteiger partial charge in [-0.05, 0) is 38.5 Å². The summed E-state index contributed by atoms with van der Waals surface area (Å²) in [5.74, 6) is 0.208. The van der Waals surface area contributed by atoms with Crippen molar-refractivity contribution in [3.05, 3.63) is 0 Å². The van der Waals surface area contributed by atoms with Gasteiger partial charge in [-0.15, -0.1) is 0 Å². The predicted octanol–water partition coefficient (Wildman–Crippen LogP) is 1.53. The standard InChI is InChI=1S/C12H22N2OS/c1-16-12(6-4-7-12)9-14-11(15)10-5-2-3-8-13-10/h10,13H,2-9H2,1H3,(H,14,15). The maximum absolute atomic E-state index is 11.9. The Hall–Kier alpha value is -0.220. The highest BCUT2D eigenvalue weighted by Gasteiger charge is 2.36. The van der Waals surface area contributed by atoms with Crippen molar-refractivity contribution in [2.45, 2.75) is 49.3 Å². The van der Waals surface area contributed by atoms with Gasteiger partial charge in [0.05, 0.1) is 6.04 Å². The molecule has 1 saturated carbocycles. The SMILES string of the molecule is CSC1(CNC(=O)C2CCCCN2)CCC1. The summed E-state index contributed by atoms with van der Waals surface area (Å²) >= 11 is 1.91. The summed E-state index contributed by atoms with van der Waals surface area (Å²) in [7, 11) is 0. The van der Waals surface area contributed by atoms with Crippen LogP contribution in [0.1, 0.15) is 38.5 Å². The molecule has 1 atom stereocenters. The quantitative estimate of drug-likeness (QED) is 0.785. The molecule has 1 aliphatic carbocycles. The Morgan fingerprint density at radius 2 is 2.25 bits per heavy atom. The molecule has 1 aliphatic heterocycles. The lowest BCUT2D eigenvalue weighted by atomic mass is 9.84. The summed E-state index contributed by atoms with van der Waals surface area (Å²) in [6.07, 6.45) is 9.37. The van der Waals surface area contributed by atoms with E-state index in [1.54, 1.807) is 0 Å². The van der Waals surface area contributed by atoms with Gasteiger partial charge in [-0.2, -0.15) is 11.8 Å². The number of rotatable bonds is 4. The molecule has 2 fully saturated rings. The molecule has 0 aromatic carbocycles. The molecule has 2 aliphatic rings. The van der Waals surface area contributed by atoms with Crippen molar-refractivity contribution in [3.8, 4) is 0 Å². The highest BCUT2D eigenvalue weighted by Crippen LogP contribution is 2.42. The minimum Gasteiger partial charge on any atom is -0.353 e. The fourth-order valence-corrected chi connectivity index (χ4v) is 3.38. The van der Waals surface area contributed by atoms with Crippen LogP contribution in [0.4, 0.5) is 0 Å². The van der Waals surface area contributed by atoms with Gasteiger partial charge in [-0.1, -0.05) is 12.8 Å². The summed E-state index contributed by atoms with van der Waals surface area (Å²) < 4.78 is 0.352. The first-order valence-electron chi connectivity index (χ1n) is 6.32. The second kappa shape index (κ2) is 5.41. The zero-order valence-electron chi connectivity index (χ0n) is 10.1. The van der Waals surface area contributed by atoms with E-state index in [0.29, 0.717) is 4.75 Å². The number of amides is 1. The molecule has 1 unspecified atom stereocenters. The van der Waals surface area contributed by atoms with Crippen LogP contribution < -0.4 is 10.6 Å². The van der Waals surface area contributed by atoms with E-state index in [1.807, 2.05) is 11.8 Å². The van der Waals surface area contributed by atoms with Gasteiger partial charge in [0.1, 0.15) is 0 Å². The second-order valence-corrected chi connectivity index (χ2v) is 6.24. The molecule has 0 radical (unpaired) electrons. The first-order valence-corrected chi connectivity index (χ1v) is 7.54. The Bertz CT molecular complexity index is 242. The predicted molar refractivity (Wildman–Crippen MR) is 68.7 cm³/mol. The van der Waals surface area contributed by atoms with E-state index >= 15 is 0 Å². The van der Waals surface area contributed by atoms with Gasteiger partial charge in [0, 0.05) is 11.3 Å². The maximum Gasteiger partial charge on any atom is 0.237 e. The van der Waals surface area contributed by atoms with Crippen molar-refractivity contribution in [3.63, 3.8) is 0 Å². The van der Waals surface area contributed by atoms with Crippen LogP contribution in [-0.2, 0) is 4.79 Å². The fourth-order valence-electron chi connectivity index (χ4n) is 2.47. The van der Waals surface area contributed by atoms with Crippen LogP contribution in [-0.4, -0.2) is 36.0 Å². The van der Waals surface area contributed by atoms with E-state index in [1.165, 1.54) is 32.1 Å². The Kier molecular flexibility index (Phi) is 4.14. The van der Waals surface area contributed by atoms with Crippen molar-refractivity contribution in [2.75, 3.05) is 19.3 Å². The number of carbonyl (C=O) groups excluding carboxylic acids is 1. The third-order valence-electron chi connectivity index (χ3n) is 3.91. The highest BCUT2D eigenvalue weighted by molar-refractivity contribution is 8.00. The lowest BCUT2D eigenvalue weighted by Gasteiger charge is -2.40. The number of hydrogen-bond donors (Lipinski definition) is 2. The van der Waals surface area contributed by atoms with Gasteiger partial charge in [-0.3, -0.25) is 4.79 Å². The minimum absolute atomic E-state index is 0.0627. The van der Waals surface area contributed by atoms with Gasteiger partial charge in [0.25, 0.3) is 0 Å². The van der Waals surface area contributed by atoms with Crippen LogP contribution >= 0.6 is 11.8 Å². The van der Waals surface area contributed by atoms with Crippen LogP contribution in [0.3, 0.4) is 0 Å². The van der Waals surface area contributed by atoms with E-state index in [9.17, 15) is 4.79 Å². The molecule has 0 spiro atoms. The molecule has 16 heavy (non-hydrogen) atoms. The Morgan fingerprint density at radius 1 is 1.44 bits per heavy atom. The molecule has 1 amide bonds. The smallest absolute Gasteiger partial charge is 0.237 e. The molecule has 0 aromatic heterocycles. The molecule has 0 aromatic rings. The average Bonchev–Trinajstić information content (AvgIpc) is 2.29. The zero-order chi connectivity index (χ0) is 11.4. The number of nitrogens with one attached hydrogen (secondary N) is 2. The van der Waals surface area contributed by atoms with Gasteiger partial charge < -0.3 is 10.6 Å². The maximum atomic E-state index is 11.9. The Balaban J connectivity index is 1.74. The van der Waals surface area contributed by atoms with E-state index < -0.39 is 0 Å². The molecule has 3 nitrogen and oxygen atoms in total. The molecule has 4 heteroatoms. The summed E-state index contributed by atoms with van der Waals surface area (Å²) in [6.45, 7) is 1.84. The number of hydrogen-bond acceptors (Lipinski definition) is 3. The summed E-state index contributed by atoms with van der Waals surface area (Å²) in [4.78, 5) is 11.9. The summed E-state index contributed by atoms with van der Waals surface area (Å²) in [5.41, 5.74) is 0.